The summed E-state index contributed by atoms with van der Waals surface area (Å²) >= 11 is 0. The third-order valence-electron chi connectivity index (χ3n) is 4.34. The van der Waals surface area contributed by atoms with Crippen molar-refractivity contribution in [1.29, 1.82) is 0 Å². The van der Waals surface area contributed by atoms with E-state index < -0.39 is 16.9 Å². The van der Waals surface area contributed by atoms with Crippen LogP contribution in [-0.2, 0) is 11.3 Å². The van der Waals surface area contributed by atoms with Gasteiger partial charge in [0.15, 0.2) is 0 Å². The monoisotopic (exact) mass is 362 g/mol. The van der Waals surface area contributed by atoms with Crippen LogP contribution in [0.1, 0.15) is 11.1 Å². The zero-order valence-electron chi connectivity index (χ0n) is 14.0. The van der Waals surface area contributed by atoms with Crippen LogP contribution in [0.4, 0.5) is 10.5 Å². The van der Waals surface area contributed by atoms with Crippen molar-refractivity contribution in [2.45, 2.75) is 6.54 Å². The first-order valence-corrected chi connectivity index (χ1v) is 8.16. The SMILES string of the molecule is O=C1NC(=O)/C(=C/c2cn(Cc3ccc([N+](=O)[O-])cc3)c3ccccc23)N1. The Labute approximate surface area is 153 Å². The molecule has 8 nitrogen and oxygen atoms in total. The molecular formula is C19H14N4O4. The Hall–Kier alpha value is -3.94. The maximum atomic E-state index is 11.8. The lowest BCUT2D eigenvalue weighted by atomic mass is 10.1. The second-order valence-corrected chi connectivity index (χ2v) is 6.12. The van der Waals surface area contributed by atoms with E-state index in [0.29, 0.717) is 6.54 Å². The number of hydrogen-bond acceptors (Lipinski definition) is 4. The number of nitrogens with zero attached hydrogens (tertiary/aromatic N) is 2. The van der Waals surface area contributed by atoms with Gasteiger partial charge in [-0.2, -0.15) is 0 Å². The van der Waals surface area contributed by atoms with Crippen LogP contribution < -0.4 is 10.6 Å². The van der Waals surface area contributed by atoms with E-state index in [1.165, 1.54) is 12.1 Å². The minimum atomic E-state index is -0.541. The average Bonchev–Trinajstić information content (AvgIpc) is 3.15. The van der Waals surface area contributed by atoms with Gasteiger partial charge in [-0.15, -0.1) is 0 Å². The Morgan fingerprint density at radius 1 is 1.04 bits per heavy atom. The fourth-order valence-electron chi connectivity index (χ4n) is 3.08. The van der Waals surface area contributed by atoms with Crippen LogP contribution in [0.25, 0.3) is 17.0 Å². The van der Waals surface area contributed by atoms with Crippen molar-refractivity contribution in [3.8, 4) is 0 Å². The lowest BCUT2D eigenvalue weighted by molar-refractivity contribution is -0.384. The van der Waals surface area contributed by atoms with Gasteiger partial charge >= 0.3 is 6.03 Å². The van der Waals surface area contributed by atoms with Gasteiger partial charge < -0.3 is 9.88 Å². The molecule has 1 aliphatic rings. The molecule has 1 fully saturated rings. The first-order valence-electron chi connectivity index (χ1n) is 8.16. The predicted octanol–water partition coefficient (Wildman–Crippen LogP) is 2.78. The minimum absolute atomic E-state index is 0.0459. The standard InChI is InChI=1S/C19H14N4O4/c24-18-16(20-19(25)21-18)9-13-11-22(17-4-2-1-3-15(13)17)10-12-5-7-14(8-6-12)23(26)27/h1-9,11H,10H2,(H2,20,21,24,25)/b16-9-. The summed E-state index contributed by atoms with van der Waals surface area (Å²) in [5, 5.41) is 16.4. The molecule has 8 heteroatoms. The van der Waals surface area contributed by atoms with Gasteiger partial charge in [-0.3, -0.25) is 20.2 Å². The molecule has 0 saturated carbocycles. The Bertz CT molecular complexity index is 1110. The Morgan fingerprint density at radius 2 is 1.78 bits per heavy atom. The molecule has 0 radical (unpaired) electrons. The zero-order valence-corrected chi connectivity index (χ0v) is 14.0. The van der Waals surface area contributed by atoms with Crippen LogP contribution in [0.2, 0.25) is 0 Å². The van der Waals surface area contributed by atoms with E-state index in [2.05, 4.69) is 10.6 Å². The van der Waals surface area contributed by atoms with E-state index in [-0.39, 0.29) is 11.4 Å². The summed E-state index contributed by atoms with van der Waals surface area (Å²) in [6, 6.07) is 13.5. The van der Waals surface area contributed by atoms with E-state index in [9.17, 15) is 19.7 Å². The number of fused-ring (bicyclic) bond motifs is 1. The maximum absolute atomic E-state index is 11.8. The van der Waals surface area contributed by atoms with E-state index in [4.69, 9.17) is 0 Å². The van der Waals surface area contributed by atoms with Crippen molar-refractivity contribution < 1.29 is 14.5 Å². The van der Waals surface area contributed by atoms with Crippen LogP contribution in [-0.4, -0.2) is 21.4 Å². The largest absolute Gasteiger partial charge is 0.342 e. The Morgan fingerprint density at radius 3 is 2.44 bits per heavy atom. The number of rotatable bonds is 4. The summed E-state index contributed by atoms with van der Waals surface area (Å²) in [5.41, 5.74) is 2.89. The highest BCUT2D eigenvalue weighted by molar-refractivity contribution is 6.14. The quantitative estimate of drug-likeness (QED) is 0.322. The number of urea groups is 1. The summed E-state index contributed by atoms with van der Waals surface area (Å²) in [6.45, 7) is 0.514. The number of imide groups is 1. The second-order valence-electron chi connectivity index (χ2n) is 6.12. The van der Waals surface area contributed by atoms with Crippen LogP contribution >= 0.6 is 0 Å². The Kier molecular flexibility index (Phi) is 3.92. The number of benzene rings is 2. The van der Waals surface area contributed by atoms with Gasteiger partial charge in [0.2, 0.25) is 0 Å². The number of non-ortho nitro benzene ring substituents is 1. The number of carbonyl (C=O) groups is 2. The van der Waals surface area contributed by atoms with Gasteiger partial charge in [-0.1, -0.05) is 30.3 Å². The molecule has 2 N–H and O–H groups in total. The molecule has 2 heterocycles. The van der Waals surface area contributed by atoms with Crippen molar-refractivity contribution in [2.24, 2.45) is 0 Å². The smallest absolute Gasteiger partial charge is 0.326 e. The van der Waals surface area contributed by atoms with Gasteiger partial charge in [0, 0.05) is 41.3 Å². The third kappa shape index (κ3) is 3.15. The van der Waals surface area contributed by atoms with Crippen molar-refractivity contribution in [3.63, 3.8) is 0 Å². The van der Waals surface area contributed by atoms with Crippen LogP contribution in [0.3, 0.4) is 0 Å². The highest BCUT2D eigenvalue weighted by Gasteiger charge is 2.23. The summed E-state index contributed by atoms with van der Waals surface area (Å²) in [5.74, 6) is -0.466. The molecule has 2 aromatic carbocycles. The zero-order chi connectivity index (χ0) is 19.0. The summed E-state index contributed by atoms with van der Waals surface area (Å²) in [6.07, 6.45) is 3.52. The lowest BCUT2D eigenvalue weighted by Gasteiger charge is -2.05. The first-order chi connectivity index (χ1) is 13.0. The Balaban J connectivity index is 1.72. The highest BCUT2D eigenvalue weighted by Crippen LogP contribution is 2.25. The molecule has 1 aromatic heterocycles. The maximum Gasteiger partial charge on any atom is 0.326 e. The molecule has 0 bridgehead atoms. The topological polar surface area (TPSA) is 106 Å². The number of nitrogens with one attached hydrogen (secondary N) is 2. The molecule has 0 spiro atoms. The molecule has 0 unspecified atom stereocenters. The van der Waals surface area contributed by atoms with Crippen LogP contribution in [0, 0.1) is 10.1 Å². The van der Waals surface area contributed by atoms with Crippen molar-refractivity contribution in [1.82, 2.24) is 15.2 Å². The molecule has 4 rings (SSSR count). The molecule has 1 aliphatic heterocycles. The normalized spacial score (nSPS) is 15.2. The van der Waals surface area contributed by atoms with Gasteiger partial charge in [-0.25, -0.2) is 4.79 Å². The second kappa shape index (κ2) is 6.41. The van der Waals surface area contributed by atoms with Crippen molar-refractivity contribution >= 4 is 34.6 Å². The first kappa shape index (κ1) is 16.5. The number of carbonyl (C=O) groups excluding carboxylic acids is 2. The highest BCUT2D eigenvalue weighted by atomic mass is 16.6. The number of hydrogen-bond donors (Lipinski definition) is 2. The van der Waals surface area contributed by atoms with Crippen molar-refractivity contribution in [3.05, 3.63) is 81.7 Å². The molecule has 0 atom stereocenters. The van der Waals surface area contributed by atoms with E-state index in [0.717, 1.165) is 22.0 Å². The summed E-state index contributed by atoms with van der Waals surface area (Å²) in [4.78, 5) is 33.5. The third-order valence-corrected chi connectivity index (χ3v) is 4.34. The molecule has 3 amide bonds. The molecule has 1 saturated heterocycles. The van der Waals surface area contributed by atoms with E-state index in [1.54, 1.807) is 18.2 Å². The molecule has 134 valence electrons. The number of para-hydroxylation sites is 1. The fraction of sp³-hybridized carbons (Fsp3) is 0.0526. The summed E-state index contributed by atoms with van der Waals surface area (Å²) in [7, 11) is 0. The van der Waals surface area contributed by atoms with Gasteiger partial charge in [0.25, 0.3) is 11.6 Å². The van der Waals surface area contributed by atoms with Crippen LogP contribution in [0.15, 0.2) is 60.4 Å². The number of nitro benzene ring substituents is 1. The fourth-order valence-corrected chi connectivity index (χ4v) is 3.08. The molecule has 27 heavy (non-hydrogen) atoms. The average molecular weight is 362 g/mol. The van der Waals surface area contributed by atoms with Crippen LogP contribution in [0.5, 0.6) is 0 Å². The van der Waals surface area contributed by atoms with E-state index >= 15 is 0 Å². The predicted molar refractivity (Wildman–Crippen MR) is 98.8 cm³/mol. The lowest BCUT2D eigenvalue weighted by Crippen LogP contribution is -2.22. The minimum Gasteiger partial charge on any atom is -0.342 e. The van der Waals surface area contributed by atoms with Gasteiger partial charge in [-0.05, 0) is 17.7 Å². The molecular weight excluding hydrogens is 348 g/mol. The number of amides is 3. The van der Waals surface area contributed by atoms with Gasteiger partial charge in [0.05, 0.1) is 4.92 Å². The number of nitro groups is 1. The molecule has 0 aliphatic carbocycles. The van der Waals surface area contributed by atoms with Gasteiger partial charge in [0.1, 0.15) is 5.70 Å². The number of aromatic nitrogens is 1. The van der Waals surface area contributed by atoms with Crippen molar-refractivity contribution in [2.75, 3.05) is 0 Å². The van der Waals surface area contributed by atoms with E-state index in [1.807, 2.05) is 35.0 Å². The molecule has 3 aromatic rings. The summed E-state index contributed by atoms with van der Waals surface area (Å²) < 4.78 is 2.00.